The van der Waals surface area contributed by atoms with Crippen molar-refractivity contribution >= 4 is 40.4 Å². The third kappa shape index (κ3) is 6.20. The van der Waals surface area contributed by atoms with Gasteiger partial charge in [-0.15, -0.1) is 5.01 Å². The van der Waals surface area contributed by atoms with Crippen molar-refractivity contribution in [2.24, 2.45) is 5.10 Å². The smallest absolute Gasteiger partial charge is 0.438 e. The number of fused-ring (bicyclic) bond motifs is 1. The Labute approximate surface area is 232 Å². The first-order chi connectivity index (χ1) is 18.6. The molecule has 0 aromatic heterocycles. The molecule has 2 aliphatic heterocycles. The summed E-state index contributed by atoms with van der Waals surface area (Å²) in [6.07, 6.45) is 0.394. The van der Waals surface area contributed by atoms with E-state index in [0.717, 1.165) is 46.4 Å². The summed E-state index contributed by atoms with van der Waals surface area (Å²) < 4.78 is 16.1. The van der Waals surface area contributed by atoms with E-state index in [1.807, 2.05) is 44.1 Å². The number of hydrogen-bond donors (Lipinski definition) is 0. The summed E-state index contributed by atoms with van der Waals surface area (Å²) in [5, 5.41) is 4.49. The van der Waals surface area contributed by atoms with Gasteiger partial charge in [0.2, 0.25) is 0 Å². The molecule has 11 heteroatoms. The zero-order valence-electron chi connectivity index (χ0n) is 23.1. The molecule has 0 radical (unpaired) electrons. The molecule has 2 unspecified atom stereocenters. The van der Waals surface area contributed by atoms with Crippen LogP contribution in [0.25, 0.3) is 0 Å². The minimum Gasteiger partial charge on any atom is -0.493 e. The van der Waals surface area contributed by atoms with Crippen molar-refractivity contribution in [2.45, 2.75) is 38.0 Å². The number of ether oxygens (including phenoxy) is 3. The van der Waals surface area contributed by atoms with Gasteiger partial charge < -0.3 is 24.0 Å². The first-order valence-corrected chi connectivity index (χ1v) is 13.6. The Morgan fingerprint density at radius 2 is 1.87 bits per heavy atom. The highest BCUT2D eigenvalue weighted by molar-refractivity contribution is 8.14. The van der Waals surface area contributed by atoms with Crippen molar-refractivity contribution in [3.05, 3.63) is 53.1 Å². The number of amides is 3. The second kappa shape index (κ2) is 12.1. The number of carbonyl (C=O) groups excluding carboxylic acids is 3. The number of carbonyl (C=O) groups is 3. The minimum absolute atomic E-state index is 0.130. The van der Waals surface area contributed by atoms with Gasteiger partial charge in [-0.2, -0.15) is 5.10 Å². The summed E-state index contributed by atoms with van der Waals surface area (Å²) >= 11 is 1.03. The lowest BCUT2D eigenvalue weighted by Gasteiger charge is -2.31. The van der Waals surface area contributed by atoms with Crippen molar-refractivity contribution in [3.63, 3.8) is 0 Å². The normalized spacial score (nSPS) is 17.9. The summed E-state index contributed by atoms with van der Waals surface area (Å²) in [6, 6.07) is 10.9. The number of nitrogens with zero attached hydrogens (tertiary/aromatic N) is 4. The van der Waals surface area contributed by atoms with Gasteiger partial charge >= 0.3 is 11.3 Å². The van der Waals surface area contributed by atoms with Crippen molar-refractivity contribution in [3.8, 4) is 11.5 Å². The standard InChI is InChI=1S/C28H34N4O6S/c1-17(16-30(3)4)38-27(34)32-28(35)39-18(2)25(29-32)20-9-11-22-19(14-20)8-7-13-31(22)26(33)21-10-12-23(36-5)24(15-21)37-6/h9-12,14-15,17-18H,7-8,13,16H2,1-6H3. The number of benzene rings is 2. The minimum atomic E-state index is -0.795. The van der Waals surface area contributed by atoms with Crippen LogP contribution in [0.4, 0.5) is 15.3 Å². The summed E-state index contributed by atoms with van der Waals surface area (Å²) in [7, 11) is 6.85. The van der Waals surface area contributed by atoms with Gasteiger partial charge in [0, 0.05) is 24.3 Å². The molecule has 0 spiro atoms. The highest BCUT2D eigenvalue weighted by Gasteiger charge is 2.34. The van der Waals surface area contributed by atoms with E-state index in [-0.39, 0.29) is 11.2 Å². The molecule has 2 aliphatic rings. The van der Waals surface area contributed by atoms with E-state index in [1.54, 1.807) is 37.1 Å². The largest absolute Gasteiger partial charge is 0.493 e. The van der Waals surface area contributed by atoms with Crippen LogP contribution >= 0.6 is 11.8 Å². The van der Waals surface area contributed by atoms with Crippen LogP contribution in [-0.4, -0.2) is 85.6 Å². The van der Waals surface area contributed by atoms with Crippen LogP contribution in [-0.2, 0) is 11.2 Å². The molecule has 10 nitrogen and oxygen atoms in total. The maximum atomic E-state index is 13.5. The molecule has 4 rings (SSSR count). The quantitative estimate of drug-likeness (QED) is 0.488. The van der Waals surface area contributed by atoms with Gasteiger partial charge in [-0.1, -0.05) is 17.8 Å². The maximum Gasteiger partial charge on any atom is 0.438 e. The molecule has 0 saturated heterocycles. The average Bonchev–Trinajstić information content (AvgIpc) is 2.91. The lowest BCUT2D eigenvalue weighted by atomic mass is 9.96. The topological polar surface area (TPSA) is 101 Å². The van der Waals surface area contributed by atoms with Gasteiger partial charge in [-0.25, -0.2) is 4.79 Å². The fraction of sp³-hybridized carbons (Fsp3) is 0.429. The number of aryl methyl sites for hydroxylation is 1. The van der Waals surface area contributed by atoms with E-state index in [4.69, 9.17) is 14.2 Å². The summed E-state index contributed by atoms with van der Waals surface area (Å²) in [4.78, 5) is 42.5. The third-order valence-electron chi connectivity index (χ3n) is 6.51. The van der Waals surface area contributed by atoms with E-state index in [9.17, 15) is 14.4 Å². The zero-order chi connectivity index (χ0) is 28.3. The Bertz CT molecular complexity index is 1300. The van der Waals surface area contributed by atoms with Crippen LogP contribution < -0.4 is 14.4 Å². The number of rotatable bonds is 7. The van der Waals surface area contributed by atoms with E-state index in [2.05, 4.69) is 5.10 Å². The SMILES string of the molecule is COc1ccc(C(=O)N2CCCc3cc(C4=NN(C(=O)OC(C)CN(C)C)C(=O)SC4C)ccc32)cc1OC. The molecular weight excluding hydrogens is 520 g/mol. The molecule has 2 atom stereocenters. The van der Waals surface area contributed by atoms with Crippen LogP contribution in [0.3, 0.4) is 0 Å². The molecule has 0 saturated carbocycles. The van der Waals surface area contributed by atoms with Gasteiger partial charge in [0.25, 0.3) is 5.91 Å². The van der Waals surface area contributed by atoms with E-state index >= 15 is 0 Å². The molecule has 0 N–H and O–H groups in total. The first-order valence-electron chi connectivity index (χ1n) is 12.7. The van der Waals surface area contributed by atoms with Crippen molar-refractivity contribution < 1.29 is 28.6 Å². The van der Waals surface area contributed by atoms with E-state index in [0.29, 0.717) is 35.9 Å². The molecule has 0 fully saturated rings. The van der Waals surface area contributed by atoms with Gasteiger partial charge in [-0.05, 0) is 82.2 Å². The molecule has 0 bridgehead atoms. The molecule has 39 heavy (non-hydrogen) atoms. The molecule has 2 aromatic carbocycles. The predicted molar refractivity (Wildman–Crippen MR) is 151 cm³/mol. The maximum absolute atomic E-state index is 13.5. The van der Waals surface area contributed by atoms with Crippen LogP contribution in [0.5, 0.6) is 11.5 Å². The average molecular weight is 555 g/mol. The van der Waals surface area contributed by atoms with Crippen LogP contribution in [0, 0.1) is 0 Å². The number of hydrogen-bond acceptors (Lipinski definition) is 9. The van der Waals surface area contributed by atoms with Crippen molar-refractivity contribution in [1.82, 2.24) is 9.91 Å². The Balaban J connectivity index is 1.60. The monoisotopic (exact) mass is 554 g/mol. The third-order valence-corrected chi connectivity index (χ3v) is 7.46. The second-order valence-corrected chi connectivity index (χ2v) is 11.0. The van der Waals surface area contributed by atoms with Gasteiger partial charge in [0.1, 0.15) is 6.10 Å². The number of imide groups is 1. The number of hydrazone groups is 1. The summed E-state index contributed by atoms with van der Waals surface area (Å²) in [6.45, 7) is 4.76. The summed E-state index contributed by atoms with van der Waals surface area (Å²) in [5.74, 6) is 0.919. The van der Waals surface area contributed by atoms with Crippen LogP contribution in [0.2, 0.25) is 0 Å². The van der Waals surface area contributed by atoms with Gasteiger partial charge in [0.05, 0.1) is 25.2 Å². The van der Waals surface area contributed by atoms with Crippen LogP contribution in [0.1, 0.15) is 41.8 Å². The molecule has 208 valence electrons. The Hall–Kier alpha value is -3.57. The van der Waals surface area contributed by atoms with Crippen molar-refractivity contribution in [1.29, 1.82) is 0 Å². The number of likely N-dealkylation sites (N-methyl/N-ethyl adjacent to an activating group) is 1. The number of anilines is 1. The van der Waals surface area contributed by atoms with E-state index in [1.165, 1.54) is 7.11 Å². The van der Waals surface area contributed by atoms with Gasteiger partial charge in [-0.3, -0.25) is 9.59 Å². The van der Waals surface area contributed by atoms with E-state index < -0.39 is 17.4 Å². The van der Waals surface area contributed by atoms with Crippen LogP contribution in [0.15, 0.2) is 41.5 Å². The summed E-state index contributed by atoms with van der Waals surface area (Å²) in [5.41, 5.74) is 3.72. The lowest BCUT2D eigenvalue weighted by molar-refractivity contribution is 0.0695. The second-order valence-electron chi connectivity index (χ2n) is 9.75. The Morgan fingerprint density at radius 1 is 1.13 bits per heavy atom. The molecule has 0 aliphatic carbocycles. The zero-order valence-corrected chi connectivity index (χ0v) is 23.9. The number of methoxy groups -OCH3 is 2. The molecular formula is C28H34N4O6S. The Kier molecular flexibility index (Phi) is 8.81. The molecule has 2 heterocycles. The van der Waals surface area contributed by atoms with Crippen molar-refractivity contribution in [2.75, 3.05) is 46.3 Å². The highest BCUT2D eigenvalue weighted by Crippen LogP contribution is 2.34. The fourth-order valence-electron chi connectivity index (χ4n) is 4.76. The number of thioether (sulfide) groups is 1. The Morgan fingerprint density at radius 3 is 2.56 bits per heavy atom. The first kappa shape index (κ1) is 28.4. The molecule has 3 amide bonds. The fourth-order valence-corrected chi connectivity index (χ4v) is 5.57. The lowest BCUT2D eigenvalue weighted by Crippen LogP contribution is -2.40. The van der Waals surface area contributed by atoms with Gasteiger partial charge in [0.15, 0.2) is 11.5 Å². The highest BCUT2D eigenvalue weighted by atomic mass is 32.2. The molecule has 2 aromatic rings. The predicted octanol–water partition coefficient (Wildman–Crippen LogP) is 4.64.